The number of methoxy groups -OCH3 is 1. The third-order valence-corrected chi connectivity index (χ3v) is 4.15. The second-order valence-electron chi connectivity index (χ2n) is 5.64. The summed E-state index contributed by atoms with van der Waals surface area (Å²) in [5, 5.41) is 0. The SMILES string of the molecule is COCC(=O)N1CCN2C(=O)N(Cc3cccnc3)CC2C1. The van der Waals surface area contributed by atoms with Crippen LogP contribution in [0.1, 0.15) is 5.56 Å². The summed E-state index contributed by atoms with van der Waals surface area (Å²) in [4.78, 5) is 33.9. The van der Waals surface area contributed by atoms with Crippen LogP contribution in [0.4, 0.5) is 4.79 Å². The number of carbonyl (C=O) groups is 2. The molecule has 3 amide bonds. The lowest BCUT2D eigenvalue weighted by atomic mass is 10.2. The zero-order valence-corrected chi connectivity index (χ0v) is 12.6. The first-order valence-corrected chi connectivity index (χ1v) is 7.40. The topological polar surface area (TPSA) is 66.0 Å². The van der Waals surface area contributed by atoms with Crippen LogP contribution >= 0.6 is 0 Å². The van der Waals surface area contributed by atoms with Crippen molar-refractivity contribution in [1.82, 2.24) is 19.7 Å². The predicted molar refractivity (Wildman–Crippen MR) is 79.0 cm³/mol. The van der Waals surface area contributed by atoms with Crippen LogP contribution in [-0.2, 0) is 16.1 Å². The maximum Gasteiger partial charge on any atom is 0.320 e. The Kier molecular flexibility index (Phi) is 4.24. The molecule has 1 unspecified atom stereocenters. The third kappa shape index (κ3) is 2.89. The Morgan fingerprint density at radius 1 is 1.41 bits per heavy atom. The quantitative estimate of drug-likeness (QED) is 0.796. The van der Waals surface area contributed by atoms with Crippen LogP contribution in [0, 0.1) is 0 Å². The number of hydrogen-bond acceptors (Lipinski definition) is 4. The van der Waals surface area contributed by atoms with Crippen molar-refractivity contribution in [3.63, 3.8) is 0 Å². The lowest BCUT2D eigenvalue weighted by Gasteiger charge is -2.36. The van der Waals surface area contributed by atoms with E-state index in [-0.39, 0.29) is 24.6 Å². The van der Waals surface area contributed by atoms with Crippen molar-refractivity contribution in [3.05, 3.63) is 30.1 Å². The third-order valence-electron chi connectivity index (χ3n) is 4.15. The number of piperazine rings is 1. The van der Waals surface area contributed by atoms with E-state index in [2.05, 4.69) is 4.98 Å². The number of aromatic nitrogens is 1. The monoisotopic (exact) mass is 304 g/mol. The minimum atomic E-state index is -0.0136. The van der Waals surface area contributed by atoms with Gasteiger partial charge >= 0.3 is 6.03 Å². The Hall–Kier alpha value is -2.15. The van der Waals surface area contributed by atoms with E-state index in [0.29, 0.717) is 32.7 Å². The molecule has 118 valence electrons. The molecule has 0 radical (unpaired) electrons. The average Bonchev–Trinajstić information content (AvgIpc) is 2.84. The lowest BCUT2D eigenvalue weighted by molar-refractivity contribution is -0.137. The molecule has 0 N–H and O–H groups in total. The molecule has 0 aliphatic carbocycles. The fourth-order valence-corrected chi connectivity index (χ4v) is 3.06. The molecular weight excluding hydrogens is 284 g/mol. The number of ether oxygens (including phenoxy) is 1. The number of fused-ring (bicyclic) bond motifs is 1. The van der Waals surface area contributed by atoms with Gasteiger partial charge in [-0.3, -0.25) is 9.78 Å². The summed E-state index contributed by atoms with van der Waals surface area (Å²) in [6, 6.07) is 3.95. The van der Waals surface area contributed by atoms with Crippen molar-refractivity contribution in [2.75, 3.05) is 39.9 Å². The molecule has 2 saturated heterocycles. The minimum absolute atomic E-state index is 0.0136. The highest BCUT2D eigenvalue weighted by molar-refractivity contribution is 5.80. The van der Waals surface area contributed by atoms with Gasteiger partial charge in [-0.05, 0) is 11.6 Å². The number of nitrogens with zero attached hydrogens (tertiary/aromatic N) is 4. The highest BCUT2D eigenvalue weighted by atomic mass is 16.5. The lowest BCUT2D eigenvalue weighted by Crippen LogP contribution is -2.54. The fourth-order valence-electron chi connectivity index (χ4n) is 3.06. The molecule has 7 heteroatoms. The highest BCUT2D eigenvalue weighted by Crippen LogP contribution is 2.22. The molecule has 1 aromatic rings. The molecule has 22 heavy (non-hydrogen) atoms. The van der Waals surface area contributed by atoms with Gasteiger partial charge in [-0.15, -0.1) is 0 Å². The zero-order valence-electron chi connectivity index (χ0n) is 12.6. The van der Waals surface area contributed by atoms with Gasteiger partial charge < -0.3 is 19.4 Å². The van der Waals surface area contributed by atoms with Gasteiger partial charge in [0, 0.05) is 52.2 Å². The maximum absolute atomic E-state index is 12.4. The Bertz CT molecular complexity index is 551. The van der Waals surface area contributed by atoms with Gasteiger partial charge in [-0.25, -0.2) is 4.79 Å². The van der Waals surface area contributed by atoms with E-state index in [1.807, 2.05) is 21.9 Å². The second-order valence-corrected chi connectivity index (χ2v) is 5.64. The molecule has 0 saturated carbocycles. The predicted octanol–water partition coefficient (Wildman–Crippen LogP) is 0.176. The number of urea groups is 1. The number of amides is 3. The van der Waals surface area contributed by atoms with Crippen LogP contribution in [0.15, 0.2) is 24.5 Å². The van der Waals surface area contributed by atoms with E-state index < -0.39 is 0 Å². The van der Waals surface area contributed by atoms with Crippen LogP contribution in [0.5, 0.6) is 0 Å². The molecule has 0 spiro atoms. The normalized spacial score (nSPS) is 21.2. The highest BCUT2D eigenvalue weighted by Gasteiger charge is 2.41. The van der Waals surface area contributed by atoms with Crippen molar-refractivity contribution in [2.45, 2.75) is 12.6 Å². The molecule has 7 nitrogen and oxygen atoms in total. The Balaban J connectivity index is 1.63. The molecule has 0 aromatic carbocycles. The smallest absolute Gasteiger partial charge is 0.320 e. The van der Waals surface area contributed by atoms with E-state index in [9.17, 15) is 9.59 Å². The Morgan fingerprint density at radius 2 is 2.27 bits per heavy atom. The molecule has 1 atom stereocenters. The summed E-state index contributed by atoms with van der Waals surface area (Å²) in [7, 11) is 1.52. The average molecular weight is 304 g/mol. The van der Waals surface area contributed by atoms with Crippen molar-refractivity contribution in [2.24, 2.45) is 0 Å². The summed E-state index contributed by atoms with van der Waals surface area (Å²) < 4.78 is 4.90. The molecule has 3 rings (SSSR count). The largest absolute Gasteiger partial charge is 0.375 e. The van der Waals surface area contributed by atoms with Gasteiger partial charge in [0.1, 0.15) is 6.61 Å². The molecule has 1 aromatic heterocycles. The summed E-state index contributed by atoms with van der Waals surface area (Å²) in [6.45, 7) is 3.04. The van der Waals surface area contributed by atoms with Crippen LogP contribution in [0.3, 0.4) is 0 Å². The summed E-state index contributed by atoms with van der Waals surface area (Å²) >= 11 is 0. The van der Waals surface area contributed by atoms with Gasteiger partial charge in [-0.1, -0.05) is 6.07 Å². The van der Waals surface area contributed by atoms with Gasteiger partial charge in [0.05, 0.1) is 6.04 Å². The van der Waals surface area contributed by atoms with E-state index >= 15 is 0 Å². The molecule has 2 aliphatic rings. The van der Waals surface area contributed by atoms with Crippen LogP contribution < -0.4 is 0 Å². The Labute approximate surface area is 129 Å². The number of carbonyl (C=O) groups excluding carboxylic acids is 2. The van der Waals surface area contributed by atoms with Crippen LogP contribution in [0.2, 0.25) is 0 Å². The number of pyridine rings is 1. The first-order chi connectivity index (χ1) is 10.7. The van der Waals surface area contributed by atoms with Crippen molar-refractivity contribution < 1.29 is 14.3 Å². The molecule has 2 fully saturated rings. The second kappa shape index (κ2) is 6.31. The van der Waals surface area contributed by atoms with Gasteiger partial charge in [0.15, 0.2) is 0 Å². The first-order valence-electron chi connectivity index (χ1n) is 7.40. The van der Waals surface area contributed by atoms with Gasteiger partial charge in [-0.2, -0.15) is 0 Å². The maximum atomic E-state index is 12.4. The standard InChI is InChI=1S/C15H20N4O3/c1-22-11-14(20)17-5-6-19-13(9-17)10-18(15(19)21)8-12-3-2-4-16-7-12/h2-4,7,13H,5-6,8-11H2,1H3. The van der Waals surface area contributed by atoms with Gasteiger partial charge in [0.25, 0.3) is 0 Å². The van der Waals surface area contributed by atoms with E-state index in [4.69, 9.17) is 4.74 Å². The van der Waals surface area contributed by atoms with Crippen LogP contribution in [-0.4, -0.2) is 77.6 Å². The number of rotatable bonds is 4. The molecule has 3 heterocycles. The molecular formula is C15H20N4O3. The van der Waals surface area contributed by atoms with E-state index in [0.717, 1.165) is 5.56 Å². The first kappa shape index (κ1) is 14.8. The summed E-state index contributed by atoms with van der Waals surface area (Å²) in [6.07, 6.45) is 3.50. The van der Waals surface area contributed by atoms with Crippen LogP contribution in [0.25, 0.3) is 0 Å². The zero-order chi connectivity index (χ0) is 15.5. The van der Waals surface area contributed by atoms with Crippen molar-refractivity contribution in [3.8, 4) is 0 Å². The summed E-state index contributed by atoms with van der Waals surface area (Å²) in [5.41, 5.74) is 1.02. The van der Waals surface area contributed by atoms with E-state index in [1.165, 1.54) is 7.11 Å². The minimum Gasteiger partial charge on any atom is -0.375 e. The van der Waals surface area contributed by atoms with Gasteiger partial charge in [0.2, 0.25) is 5.91 Å². The summed E-state index contributed by atoms with van der Waals surface area (Å²) in [5.74, 6) is -0.0136. The Morgan fingerprint density at radius 3 is 3.00 bits per heavy atom. The van der Waals surface area contributed by atoms with Crippen molar-refractivity contribution in [1.29, 1.82) is 0 Å². The fraction of sp³-hybridized carbons (Fsp3) is 0.533. The van der Waals surface area contributed by atoms with Crippen molar-refractivity contribution >= 4 is 11.9 Å². The molecule has 2 aliphatic heterocycles. The molecule has 0 bridgehead atoms. The van der Waals surface area contributed by atoms with E-state index in [1.54, 1.807) is 17.3 Å². The number of hydrogen-bond donors (Lipinski definition) is 0.